The average molecular weight is 313 g/mol. The summed E-state index contributed by atoms with van der Waals surface area (Å²) in [6, 6.07) is 8.27. The van der Waals surface area contributed by atoms with Crippen LogP contribution < -0.4 is 5.32 Å². The largest absolute Gasteiger partial charge is 0.361 e. The predicted molar refractivity (Wildman–Crippen MR) is 94.4 cm³/mol. The summed E-state index contributed by atoms with van der Waals surface area (Å²) in [7, 11) is 0. The number of aromatic nitrogens is 1. The fraction of sp³-hybridized carbons (Fsp3) is 0.526. The van der Waals surface area contributed by atoms with Gasteiger partial charge >= 0.3 is 0 Å². The fourth-order valence-corrected chi connectivity index (χ4v) is 3.39. The van der Waals surface area contributed by atoms with Crippen LogP contribution in [0.5, 0.6) is 0 Å². The van der Waals surface area contributed by atoms with E-state index >= 15 is 0 Å². The quantitative estimate of drug-likeness (QED) is 0.891. The minimum atomic E-state index is -0.0227. The molecule has 0 saturated carbocycles. The molecule has 0 radical (unpaired) electrons. The fourth-order valence-electron chi connectivity index (χ4n) is 3.39. The molecule has 124 valence electrons. The molecule has 1 amide bonds. The van der Waals surface area contributed by atoms with Gasteiger partial charge in [0.1, 0.15) is 0 Å². The van der Waals surface area contributed by atoms with E-state index in [1.54, 1.807) is 0 Å². The van der Waals surface area contributed by atoms with Gasteiger partial charge in [-0.1, -0.05) is 25.1 Å². The molecule has 0 aliphatic carbocycles. The van der Waals surface area contributed by atoms with Crippen molar-refractivity contribution in [2.24, 2.45) is 5.92 Å². The van der Waals surface area contributed by atoms with Gasteiger partial charge in [0, 0.05) is 23.6 Å². The number of H-pyrrole nitrogens is 1. The van der Waals surface area contributed by atoms with Gasteiger partial charge in [-0.2, -0.15) is 0 Å². The lowest BCUT2D eigenvalue weighted by molar-refractivity contribution is -0.126. The molecule has 1 saturated heterocycles. The third-order valence-corrected chi connectivity index (χ3v) is 5.11. The number of piperidine rings is 1. The van der Waals surface area contributed by atoms with E-state index in [-0.39, 0.29) is 11.9 Å². The summed E-state index contributed by atoms with van der Waals surface area (Å²) in [6.45, 7) is 7.09. The number of carbonyl (C=O) groups excluding carboxylic acids is 1. The van der Waals surface area contributed by atoms with Crippen molar-refractivity contribution in [1.82, 2.24) is 15.2 Å². The number of nitrogens with one attached hydrogen (secondary N) is 2. The number of rotatable bonds is 5. The molecule has 1 fully saturated rings. The molecule has 4 heteroatoms. The average Bonchev–Trinajstić information content (AvgIpc) is 2.98. The van der Waals surface area contributed by atoms with E-state index in [0.717, 1.165) is 30.9 Å². The second-order valence-corrected chi connectivity index (χ2v) is 6.79. The van der Waals surface area contributed by atoms with Crippen LogP contribution in [0.3, 0.4) is 0 Å². The number of aromatic amines is 1. The minimum absolute atomic E-state index is 0.0227. The smallest absolute Gasteiger partial charge is 0.237 e. The lowest BCUT2D eigenvalue weighted by Gasteiger charge is -2.34. The van der Waals surface area contributed by atoms with Crippen molar-refractivity contribution in [3.05, 3.63) is 36.0 Å². The van der Waals surface area contributed by atoms with Crippen LogP contribution in [-0.2, 0) is 11.2 Å². The van der Waals surface area contributed by atoms with Gasteiger partial charge in [-0.3, -0.25) is 9.69 Å². The zero-order chi connectivity index (χ0) is 16.2. The Kier molecular flexibility index (Phi) is 5.01. The number of nitrogens with zero attached hydrogens (tertiary/aromatic N) is 1. The molecule has 23 heavy (non-hydrogen) atoms. The zero-order valence-corrected chi connectivity index (χ0v) is 14.1. The van der Waals surface area contributed by atoms with Gasteiger partial charge in [-0.15, -0.1) is 0 Å². The van der Waals surface area contributed by atoms with Crippen LogP contribution in [0.25, 0.3) is 10.9 Å². The molecule has 2 heterocycles. The molecule has 1 atom stereocenters. The van der Waals surface area contributed by atoms with Gasteiger partial charge < -0.3 is 10.3 Å². The van der Waals surface area contributed by atoms with E-state index in [0.29, 0.717) is 6.54 Å². The second kappa shape index (κ2) is 7.18. The first-order valence-corrected chi connectivity index (χ1v) is 8.72. The molecule has 0 bridgehead atoms. The maximum atomic E-state index is 12.4. The van der Waals surface area contributed by atoms with Crippen LogP contribution in [0.1, 0.15) is 32.3 Å². The van der Waals surface area contributed by atoms with E-state index in [1.165, 1.54) is 23.8 Å². The SMILES string of the molecule is CC1CCN(C(C)C(=O)NCCc2c[nH]c3ccccc23)CC1. The predicted octanol–water partition coefficient (Wildman–Crippen LogP) is 2.95. The standard InChI is InChI=1S/C19H27N3O/c1-14-8-11-22(12-9-14)15(2)19(23)20-10-7-16-13-21-18-6-4-3-5-17(16)18/h3-6,13-15,21H,7-12H2,1-2H3,(H,20,23). The van der Waals surface area contributed by atoms with Crippen LogP contribution in [0.2, 0.25) is 0 Å². The molecular formula is C19H27N3O. The molecule has 1 aromatic heterocycles. The van der Waals surface area contributed by atoms with Crippen LogP contribution in [-0.4, -0.2) is 41.5 Å². The van der Waals surface area contributed by atoms with E-state index in [1.807, 2.05) is 19.2 Å². The third-order valence-electron chi connectivity index (χ3n) is 5.11. The van der Waals surface area contributed by atoms with E-state index in [9.17, 15) is 4.79 Å². The van der Waals surface area contributed by atoms with Gasteiger partial charge in [0.25, 0.3) is 0 Å². The number of likely N-dealkylation sites (tertiary alicyclic amines) is 1. The normalized spacial score (nSPS) is 18.2. The molecule has 3 rings (SSSR count). The van der Waals surface area contributed by atoms with Crippen molar-refractivity contribution in [1.29, 1.82) is 0 Å². The number of hydrogen-bond donors (Lipinski definition) is 2. The van der Waals surface area contributed by atoms with Crippen molar-refractivity contribution in [2.45, 2.75) is 39.2 Å². The van der Waals surface area contributed by atoms with Crippen LogP contribution in [0.15, 0.2) is 30.5 Å². The van der Waals surface area contributed by atoms with Gasteiger partial charge in [0.05, 0.1) is 6.04 Å². The number of benzene rings is 1. The number of hydrogen-bond acceptors (Lipinski definition) is 2. The van der Waals surface area contributed by atoms with E-state index in [2.05, 4.69) is 40.3 Å². The topological polar surface area (TPSA) is 48.1 Å². The first kappa shape index (κ1) is 16.1. The Morgan fingerprint density at radius 2 is 2.09 bits per heavy atom. The summed E-state index contributed by atoms with van der Waals surface area (Å²) < 4.78 is 0. The Morgan fingerprint density at radius 3 is 2.87 bits per heavy atom. The highest BCUT2D eigenvalue weighted by molar-refractivity contribution is 5.83. The number of para-hydroxylation sites is 1. The summed E-state index contributed by atoms with van der Waals surface area (Å²) in [5.41, 5.74) is 2.42. The van der Waals surface area contributed by atoms with Crippen molar-refractivity contribution < 1.29 is 4.79 Å². The molecule has 1 aliphatic heterocycles. The molecule has 1 aromatic carbocycles. The minimum Gasteiger partial charge on any atom is -0.361 e. The highest BCUT2D eigenvalue weighted by Gasteiger charge is 2.24. The van der Waals surface area contributed by atoms with Crippen molar-refractivity contribution in [3.8, 4) is 0 Å². The highest BCUT2D eigenvalue weighted by atomic mass is 16.2. The molecule has 2 aromatic rings. The highest BCUT2D eigenvalue weighted by Crippen LogP contribution is 2.19. The number of amides is 1. The molecule has 0 spiro atoms. The first-order valence-electron chi connectivity index (χ1n) is 8.72. The van der Waals surface area contributed by atoms with Crippen molar-refractivity contribution in [2.75, 3.05) is 19.6 Å². The molecule has 1 aliphatic rings. The third kappa shape index (κ3) is 3.75. The van der Waals surface area contributed by atoms with E-state index < -0.39 is 0 Å². The van der Waals surface area contributed by atoms with Crippen molar-refractivity contribution in [3.63, 3.8) is 0 Å². The second-order valence-electron chi connectivity index (χ2n) is 6.79. The Labute approximate surface area is 138 Å². The summed E-state index contributed by atoms with van der Waals surface area (Å²) >= 11 is 0. The maximum Gasteiger partial charge on any atom is 0.237 e. The van der Waals surface area contributed by atoms with Gasteiger partial charge in [-0.25, -0.2) is 0 Å². The van der Waals surface area contributed by atoms with Gasteiger partial charge in [-0.05, 0) is 56.8 Å². The Morgan fingerprint density at radius 1 is 1.35 bits per heavy atom. The van der Waals surface area contributed by atoms with Gasteiger partial charge in [0.15, 0.2) is 0 Å². The monoisotopic (exact) mass is 313 g/mol. The Balaban J connectivity index is 1.49. The summed E-state index contributed by atoms with van der Waals surface area (Å²) in [6.07, 6.45) is 5.31. The van der Waals surface area contributed by atoms with Crippen LogP contribution >= 0.6 is 0 Å². The Bertz CT molecular complexity index is 655. The maximum absolute atomic E-state index is 12.4. The lowest BCUT2D eigenvalue weighted by atomic mass is 9.98. The molecule has 4 nitrogen and oxygen atoms in total. The molecular weight excluding hydrogens is 286 g/mol. The Hall–Kier alpha value is -1.81. The van der Waals surface area contributed by atoms with E-state index in [4.69, 9.17) is 0 Å². The van der Waals surface area contributed by atoms with Crippen LogP contribution in [0.4, 0.5) is 0 Å². The number of carbonyl (C=O) groups is 1. The first-order chi connectivity index (χ1) is 11.1. The van der Waals surface area contributed by atoms with Crippen molar-refractivity contribution >= 4 is 16.8 Å². The number of fused-ring (bicyclic) bond motifs is 1. The van der Waals surface area contributed by atoms with Gasteiger partial charge in [0.2, 0.25) is 5.91 Å². The summed E-state index contributed by atoms with van der Waals surface area (Å²) in [5.74, 6) is 0.947. The molecule has 1 unspecified atom stereocenters. The lowest BCUT2D eigenvalue weighted by Crippen LogP contribution is -2.48. The van der Waals surface area contributed by atoms with Crippen LogP contribution in [0, 0.1) is 5.92 Å². The summed E-state index contributed by atoms with van der Waals surface area (Å²) in [5, 5.41) is 4.35. The zero-order valence-electron chi connectivity index (χ0n) is 14.1. The summed E-state index contributed by atoms with van der Waals surface area (Å²) in [4.78, 5) is 17.9. The molecule has 2 N–H and O–H groups in total.